The zero-order valence-electron chi connectivity index (χ0n) is 19.3. The minimum atomic E-state index is -0.384. The molecule has 7 heteroatoms. The summed E-state index contributed by atoms with van der Waals surface area (Å²) in [5.41, 5.74) is 1.05. The van der Waals surface area contributed by atoms with Crippen LogP contribution >= 0.6 is 11.9 Å². The van der Waals surface area contributed by atoms with Crippen LogP contribution in [0.15, 0.2) is 12.1 Å². The Morgan fingerprint density at radius 1 is 1.16 bits per heavy atom. The van der Waals surface area contributed by atoms with Crippen molar-refractivity contribution >= 4 is 17.9 Å². The van der Waals surface area contributed by atoms with Crippen LogP contribution in [0.3, 0.4) is 0 Å². The van der Waals surface area contributed by atoms with Gasteiger partial charge in [0.1, 0.15) is 11.6 Å². The highest BCUT2D eigenvalue weighted by Crippen LogP contribution is 2.34. The minimum Gasteiger partial charge on any atom is -0.496 e. The van der Waals surface area contributed by atoms with Crippen LogP contribution in [0.1, 0.15) is 67.8 Å². The Morgan fingerprint density at radius 3 is 2.45 bits per heavy atom. The van der Waals surface area contributed by atoms with Gasteiger partial charge in [0, 0.05) is 50.1 Å². The first-order chi connectivity index (χ1) is 15.0. The summed E-state index contributed by atoms with van der Waals surface area (Å²) < 4.78 is 21.6. The second kappa shape index (κ2) is 11.5. The maximum absolute atomic E-state index is 13.8. The molecule has 0 atom stereocenters. The number of methoxy groups -OCH3 is 1. The molecule has 0 aromatic heterocycles. The van der Waals surface area contributed by atoms with Crippen LogP contribution in [0.5, 0.6) is 5.75 Å². The molecule has 0 radical (unpaired) electrons. The van der Waals surface area contributed by atoms with Crippen LogP contribution in [0.25, 0.3) is 0 Å². The van der Waals surface area contributed by atoms with Crippen molar-refractivity contribution in [2.24, 2.45) is 0 Å². The number of piperazine rings is 1. The fourth-order valence-electron chi connectivity index (χ4n) is 5.00. The average Bonchev–Trinajstić information content (AvgIpc) is 3.02. The van der Waals surface area contributed by atoms with Crippen LogP contribution in [0, 0.1) is 12.7 Å². The van der Waals surface area contributed by atoms with Gasteiger partial charge in [0.25, 0.3) is 5.91 Å². The third-order valence-corrected chi connectivity index (χ3v) is 8.03. The van der Waals surface area contributed by atoms with E-state index in [4.69, 9.17) is 4.74 Å². The van der Waals surface area contributed by atoms with Gasteiger partial charge in [-0.15, -0.1) is 0 Å². The minimum absolute atomic E-state index is 0.00877. The maximum atomic E-state index is 13.8. The smallest absolute Gasteiger partial charge is 0.255 e. The molecule has 3 rings (SSSR count). The van der Waals surface area contributed by atoms with Gasteiger partial charge < -0.3 is 10.1 Å². The SMILES string of the molecule is CCCSN1CCN(C2(CNC(=O)c3c(C)cc(F)cc3OC)CCCCCC2)CC1. The lowest BCUT2D eigenvalue weighted by Crippen LogP contribution is -2.60. The summed E-state index contributed by atoms with van der Waals surface area (Å²) in [4.78, 5) is 15.8. The van der Waals surface area contributed by atoms with Gasteiger partial charge in [-0.3, -0.25) is 9.69 Å². The number of halogens is 1. The van der Waals surface area contributed by atoms with Gasteiger partial charge in [-0.05, 0) is 37.8 Å². The van der Waals surface area contributed by atoms with E-state index in [1.807, 2.05) is 11.9 Å². The number of benzene rings is 1. The third kappa shape index (κ3) is 6.14. The second-order valence-electron chi connectivity index (χ2n) is 8.87. The first-order valence-electron chi connectivity index (χ1n) is 11.7. The summed E-state index contributed by atoms with van der Waals surface area (Å²) in [7, 11) is 1.48. The van der Waals surface area contributed by atoms with E-state index < -0.39 is 0 Å². The summed E-state index contributed by atoms with van der Waals surface area (Å²) in [6, 6.07) is 2.68. The molecule has 174 valence electrons. The van der Waals surface area contributed by atoms with E-state index in [-0.39, 0.29) is 17.3 Å². The third-order valence-electron chi connectivity index (χ3n) is 6.71. The quantitative estimate of drug-likeness (QED) is 0.461. The number of carbonyl (C=O) groups excluding carboxylic acids is 1. The number of ether oxygens (including phenoxy) is 1. The number of aryl methyl sites for hydroxylation is 1. The van der Waals surface area contributed by atoms with Crippen molar-refractivity contribution in [1.82, 2.24) is 14.5 Å². The van der Waals surface area contributed by atoms with E-state index in [2.05, 4.69) is 21.4 Å². The lowest BCUT2D eigenvalue weighted by Gasteiger charge is -2.47. The van der Waals surface area contributed by atoms with Crippen molar-refractivity contribution in [1.29, 1.82) is 0 Å². The monoisotopic (exact) mass is 451 g/mol. The summed E-state index contributed by atoms with van der Waals surface area (Å²) in [6.45, 7) is 8.86. The molecule has 2 fully saturated rings. The van der Waals surface area contributed by atoms with Gasteiger partial charge in [0.2, 0.25) is 0 Å². The molecular weight excluding hydrogens is 413 g/mol. The highest BCUT2D eigenvalue weighted by atomic mass is 32.2. The Hall–Kier alpha value is -1.31. The van der Waals surface area contributed by atoms with Crippen molar-refractivity contribution in [2.45, 2.75) is 64.3 Å². The molecule has 5 nitrogen and oxygen atoms in total. The highest BCUT2D eigenvalue weighted by Gasteiger charge is 2.39. The number of hydrogen-bond donors (Lipinski definition) is 1. The molecule has 0 spiro atoms. The Balaban J connectivity index is 1.71. The summed E-state index contributed by atoms with van der Waals surface area (Å²) in [5.74, 6) is 0.923. The van der Waals surface area contributed by atoms with Crippen molar-refractivity contribution in [2.75, 3.05) is 45.6 Å². The molecule has 0 unspecified atom stereocenters. The van der Waals surface area contributed by atoms with E-state index in [9.17, 15) is 9.18 Å². The molecule has 1 saturated heterocycles. The first kappa shape index (κ1) is 24.3. The van der Waals surface area contributed by atoms with Crippen LogP contribution in [-0.4, -0.2) is 66.2 Å². The summed E-state index contributed by atoms with van der Waals surface area (Å²) in [6.07, 6.45) is 8.40. The maximum Gasteiger partial charge on any atom is 0.255 e. The molecule has 1 aromatic carbocycles. The average molecular weight is 452 g/mol. The largest absolute Gasteiger partial charge is 0.496 e. The number of nitrogens with zero attached hydrogens (tertiary/aromatic N) is 2. The van der Waals surface area contributed by atoms with Gasteiger partial charge in [-0.25, -0.2) is 8.70 Å². The number of hydrogen-bond acceptors (Lipinski definition) is 5. The van der Waals surface area contributed by atoms with Crippen LogP contribution in [-0.2, 0) is 0 Å². The van der Waals surface area contributed by atoms with E-state index in [0.29, 0.717) is 23.4 Å². The lowest BCUT2D eigenvalue weighted by molar-refractivity contribution is 0.0409. The Labute approximate surface area is 191 Å². The van der Waals surface area contributed by atoms with Gasteiger partial charge in [0.15, 0.2) is 0 Å². The van der Waals surface area contributed by atoms with Crippen molar-refractivity contribution < 1.29 is 13.9 Å². The fraction of sp³-hybridized carbons (Fsp3) is 0.708. The van der Waals surface area contributed by atoms with E-state index in [1.165, 1.54) is 57.1 Å². The molecule has 1 heterocycles. The highest BCUT2D eigenvalue weighted by molar-refractivity contribution is 7.97. The van der Waals surface area contributed by atoms with Crippen molar-refractivity contribution in [3.63, 3.8) is 0 Å². The Morgan fingerprint density at radius 2 is 1.84 bits per heavy atom. The van der Waals surface area contributed by atoms with E-state index in [0.717, 1.165) is 39.0 Å². The molecule has 1 amide bonds. The molecule has 31 heavy (non-hydrogen) atoms. The number of carbonyl (C=O) groups is 1. The lowest BCUT2D eigenvalue weighted by atomic mass is 9.87. The predicted octanol–water partition coefficient (Wildman–Crippen LogP) is 4.64. The molecule has 2 aliphatic rings. The zero-order valence-corrected chi connectivity index (χ0v) is 20.2. The normalized spacial score (nSPS) is 20.3. The molecule has 1 N–H and O–H groups in total. The molecule has 0 bridgehead atoms. The molecule has 1 aliphatic carbocycles. The molecule has 1 aromatic rings. The summed E-state index contributed by atoms with van der Waals surface area (Å²) >= 11 is 1.96. The van der Waals surface area contributed by atoms with Gasteiger partial charge in [-0.2, -0.15) is 0 Å². The zero-order chi connectivity index (χ0) is 22.3. The fourth-order valence-corrected chi connectivity index (χ4v) is 5.86. The summed E-state index contributed by atoms with van der Waals surface area (Å²) in [5, 5.41) is 3.21. The van der Waals surface area contributed by atoms with Crippen molar-refractivity contribution in [3.8, 4) is 5.75 Å². The van der Waals surface area contributed by atoms with E-state index >= 15 is 0 Å². The van der Waals surface area contributed by atoms with Crippen LogP contribution in [0.2, 0.25) is 0 Å². The number of amides is 1. The van der Waals surface area contributed by atoms with Gasteiger partial charge >= 0.3 is 0 Å². The molecule has 1 aliphatic heterocycles. The van der Waals surface area contributed by atoms with Gasteiger partial charge in [0.05, 0.1) is 12.7 Å². The first-order valence-corrected chi connectivity index (χ1v) is 12.7. The number of rotatable bonds is 8. The predicted molar refractivity (Wildman–Crippen MR) is 126 cm³/mol. The van der Waals surface area contributed by atoms with Crippen LogP contribution in [0.4, 0.5) is 4.39 Å². The topological polar surface area (TPSA) is 44.8 Å². The van der Waals surface area contributed by atoms with Gasteiger partial charge in [-0.1, -0.05) is 44.6 Å². The van der Waals surface area contributed by atoms with E-state index in [1.54, 1.807) is 6.92 Å². The standard InChI is InChI=1S/C24H38FN3O2S/c1-4-15-31-28-13-11-27(12-14-28)24(9-7-5-6-8-10-24)18-26-23(29)22-19(2)16-20(25)17-21(22)30-3/h16-17H,4-15,18H2,1-3H3,(H,26,29). The molecular formula is C24H38FN3O2S. The number of nitrogens with one attached hydrogen (secondary N) is 1. The Bertz CT molecular complexity index is 730. The molecule has 1 saturated carbocycles. The second-order valence-corrected chi connectivity index (χ2v) is 10.1. The Kier molecular flexibility index (Phi) is 9.05. The van der Waals surface area contributed by atoms with Crippen LogP contribution < -0.4 is 10.1 Å². The van der Waals surface area contributed by atoms with Crippen molar-refractivity contribution in [3.05, 3.63) is 29.1 Å².